The number of nitrogens with one attached hydrogen (secondary N) is 1. The zero-order valence-corrected chi connectivity index (χ0v) is 42.3. The third-order valence-corrected chi connectivity index (χ3v) is 11.8. The molecule has 0 heterocycles. The highest BCUT2D eigenvalue weighted by Crippen LogP contribution is 2.42. The Balaban J connectivity index is 3.62. The van der Waals surface area contributed by atoms with Gasteiger partial charge in [-0.2, -0.15) is 0 Å². The van der Waals surface area contributed by atoms with Gasteiger partial charge in [0.15, 0.2) is 0 Å². The summed E-state index contributed by atoms with van der Waals surface area (Å²) in [4.78, 5) is 34.1. The average Bonchev–Trinajstić information content (AvgIpc) is 3.29. The summed E-state index contributed by atoms with van der Waals surface area (Å²) >= 11 is 0. The predicted octanol–water partition coefficient (Wildman–Crippen LogP) is 15.6. The Labute approximate surface area is 398 Å². The number of phosphoric ester groups is 1. The molecule has 2 unspecified atom stereocenters. The van der Waals surface area contributed by atoms with Gasteiger partial charge in [0.05, 0.1) is 13.2 Å². The van der Waals surface area contributed by atoms with Crippen molar-refractivity contribution in [1.82, 2.24) is 5.32 Å². The van der Waals surface area contributed by atoms with Crippen LogP contribution >= 0.6 is 7.82 Å². The second-order valence-electron chi connectivity index (χ2n) is 17.1. The van der Waals surface area contributed by atoms with Crippen molar-refractivity contribution in [3.8, 4) is 0 Å². The number of rotatable bonds is 48. The van der Waals surface area contributed by atoms with Gasteiger partial charge in [0, 0.05) is 19.4 Å². The van der Waals surface area contributed by atoms with Crippen molar-refractivity contribution in [2.24, 2.45) is 0 Å². The third kappa shape index (κ3) is 52.0. The highest BCUT2D eigenvalue weighted by atomic mass is 31.2. The van der Waals surface area contributed by atoms with Crippen molar-refractivity contribution in [3.63, 3.8) is 0 Å². The number of phosphoric acid groups is 1. The van der Waals surface area contributed by atoms with Crippen molar-refractivity contribution >= 4 is 19.7 Å². The molecule has 65 heavy (non-hydrogen) atoms. The first-order valence-corrected chi connectivity index (χ1v) is 27.6. The van der Waals surface area contributed by atoms with E-state index in [1.807, 2.05) is 0 Å². The van der Waals surface area contributed by atoms with Crippen molar-refractivity contribution in [3.05, 3.63) is 85.1 Å². The molecule has 0 saturated heterocycles. The minimum absolute atomic E-state index is 0.0666. The van der Waals surface area contributed by atoms with Crippen LogP contribution in [0.25, 0.3) is 0 Å². The zero-order chi connectivity index (χ0) is 47.4. The van der Waals surface area contributed by atoms with Crippen molar-refractivity contribution < 1.29 is 37.9 Å². The van der Waals surface area contributed by atoms with E-state index in [1.165, 1.54) is 103 Å². The molecule has 0 aliphatic carbocycles. The van der Waals surface area contributed by atoms with Gasteiger partial charge in [-0.15, -0.1) is 0 Å². The molecule has 3 N–H and O–H groups in total. The Morgan fingerprint density at radius 2 is 0.831 bits per heavy atom. The van der Waals surface area contributed by atoms with Crippen LogP contribution < -0.4 is 5.32 Å². The number of allylic oxidation sites excluding steroid dienone is 14. The zero-order valence-electron chi connectivity index (χ0n) is 41.4. The van der Waals surface area contributed by atoms with Crippen LogP contribution in [0.2, 0.25) is 0 Å². The minimum atomic E-state index is -4.44. The molecule has 0 aliphatic heterocycles. The highest BCUT2D eigenvalue weighted by Gasteiger charge is 2.23. The summed E-state index contributed by atoms with van der Waals surface area (Å²) < 4.78 is 27.0. The van der Waals surface area contributed by atoms with Gasteiger partial charge in [-0.3, -0.25) is 18.6 Å². The third-order valence-electron chi connectivity index (χ3n) is 10.8. The van der Waals surface area contributed by atoms with Gasteiger partial charge in [-0.05, 0) is 96.3 Å². The number of esters is 1. The second-order valence-corrected chi connectivity index (χ2v) is 18.6. The fourth-order valence-corrected chi connectivity index (χ4v) is 7.60. The molecule has 0 bridgehead atoms. The van der Waals surface area contributed by atoms with Crippen molar-refractivity contribution in [2.75, 3.05) is 26.4 Å². The molecule has 0 aromatic carbocycles. The quantitative estimate of drug-likeness (QED) is 0.0238. The summed E-state index contributed by atoms with van der Waals surface area (Å²) in [6, 6.07) is 0. The topological polar surface area (TPSA) is 131 Å². The van der Waals surface area contributed by atoms with Gasteiger partial charge in [-0.25, -0.2) is 4.57 Å². The lowest BCUT2D eigenvalue weighted by atomic mass is 10.1. The molecule has 374 valence electrons. The van der Waals surface area contributed by atoms with Crippen molar-refractivity contribution in [2.45, 2.75) is 225 Å². The minimum Gasteiger partial charge on any atom is -0.463 e. The smallest absolute Gasteiger partial charge is 0.463 e. The van der Waals surface area contributed by atoms with Crippen LogP contribution in [0, 0.1) is 0 Å². The van der Waals surface area contributed by atoms with E-state index < -0.39 is 26.5 Å². The summed E-state index contributed by atoms with van der Waals surface area (Å²) in [5, 5.41) is 12.7. The number of aliphatic hydroxyl groups excluding tert-OH is 1. The number of carbonyl (C=O) groups is 2. The number of hydrogen-bond donors (Lipinski definition) is 3. The van der Waals surface area contributed by atoms with E-state index >= 15 is 0 Å². The first-order valence-electron chi connectivity index (χ1n) is 26.1. The number of carbonyl (C=O) groups excluding carboxylic acids is 2. The molecule has 0 radical (unpaired) electrons. The molecule has 2 atom stereocenters. The molecule has 9 nitrogen and oxygen atoms in total. The molecule has 0 spiro atoms. The summed E-state index contributed by atoms with van der Waals surface area (Å²) in [6.07, 6.45) is 65.1. The molecule has 1 amide bonds. The molecule has 0 aliphatic rings. The molecule has 0 aromatic heterocycles. The lowest BCUT2D eigenvalue weighted by Gasteiger charge is -2.15. The van der Waals surface area contributed by atoms with Crippen LogP contribution in [0.5, 0.6) is 0 Å². The Kier molecular flexibility index (Phi) is 48.4. The van der Waals surface area contributed by atoms with Gasteiger partial charge < -0.3 is 20.1 Å². The van der Waals surface area contributed by atoms with E-state index in [9.17, 15) is 24.2 Å². The van der Waals surface area contributed by atoms with Crippen LogP contribution in [0.3, 0.4) is 0 Å². The largest absolute Gasteiger partial charge is 0.472 e. The highest BCUT2D eigenvalue weighted by molar-refractivity contribution is 7.47. The first-order chi connectivity index (χ1) is 31.8. The molecular formula is C55H96NO8P. The van der Waals surface area contributed by atoms with Gasteiger partial charge in [0.25, 0.3) is 0 Å². The Bertz CT molecular complexity index is 1340. The summed E-state index contributed by atoms with van der Waals surface area (Å²) in [6.45, 7) is 3.48. The molecule has 0 fully saturated rings. The normalized spacial score (nSPS) is 13.8. The lowest BCUT2D eigenvalue weighted by molar-refractivity contribution is -0.147. The number of hydrogen-bond acceptors (Lipinski definition) is 7. The Morgan fingerprint density at radius 3 is 1.25 bits per heavy atom. The SMILES string of the molecule is CCCCC/C=C\C/C=C\C/C=C\C/C=C\CCCCCCCC(=O)NCCOP(=O)(O)OCC(O)COC(=O)CCCCCCCCCCCC/C=C\C/C=C\C/C=C\CCCCC. The summed E-state index contributed by atoms with van der Waals surface area (Å²) in [7, 11) is -4.44. The van der Waals surface area contributed by atoms with Gasteiger partial charge >= 0.3 is 13.8 Å². The van der Waals surface area contributed by atoms with E-state index in [1.54, 1.807) is 0 Å². The van der Waals surface area contributed by atoms with E-state index in [4.69, 9.17) is 13.8 Å². The predicted molar refractivity (Wildman–Crippen MR) is 275 cm³/mol. The van der Waals surface area contributed by atoms with Gasteiger partial charge in [-0.1, -0.05) is 195 Å². The fraction of sp³-hybridized carbons (Fsp3) is 0.709. The molecule has 0 aromatic rings. The second kappa shape index (κ2) is 50.6. The number of unbranched alkanes of at least 4 members (excludes halogenated alkanes) is 21. The van der Waals surface area contributed by atoms with Crippen LogP contribution in [0.15, 0.2) is 85.1 Å². The monoisotopic (exact) mass is 930 g/mol. The lowest BCUT2D eigenvalue weighted by Crippen LogP contribution is -2.27. The van der Waals surface area contributed by atoms with E-state index in [0.717, 1.165) is 89.9 Å². The Morgan fingerprint density at radius 1 is 0.477 bits per heavy atom. The first kappa shape index (κ1) is 62.2. The standard InChI is InChI=1S/C55H96NO8P/c1-3-5-7-9-11-13-15-17-19-21-23-25-26-28-30-32-34-36-38-40-42-44-46-48-55(59)62-51-53(57)52-64-65(60,61)63-50-49-56-54(58)47-45-43-41-39-37-35-33-31-29-27-24-22-20-18-16-14-12-10-8-6-4-2/h11-14,17-20,23-25,27,31,33,53,57H,3-10,15-16,21-22,26,28-30,32,34-52H2,1-2H3,(H,56,58)(H,60,61)/b13-11-,14-12-,19-17-,20-18-,25-23-,27-24-,33-31-. The summed E-state index contributed by atoms with van der Waals surface area (Å²) in [5.74, 6) is -0.541. The maximum atomic E-state index is 12.2. The van der Waals surface area contributed by atoms with Crippen molar-refractivity contribution in [1.29, 1.82) is 0 Å². The molecule has 10 heteroatoms. The van der Waals surface area contributed by atoms with E-state index in [-0.39, 0.29) is 32.1 Å². The van der Waals surface area contributed by atoms with Crippen LogP contribution in [0.1, 0.15) is 219 Å². The molecule has 0 rings (SSSR count). The van der Waals surface area contributed by atoms with E-state index in [0.29, 0.717) is 6.42 Å². The van der Waals surface area contributed by atoms with Crippen LogP contribution in [-0.4, -0.2) is 54.3 Å². The number of ether oxygens (including phenoxy) is 1. The van der Waals surface area contributed by atoms with Crippen LogP contribution in [0.4, 0.5) is 0 Å². The summed E-state index contributed by atoms with van der Waals surface area (Å²) in [5.41, 5.74) is 0. The maximum Gasteiger partial charge on any atom is 0.472 e. The number of amides is 1. The van der Waals surface area contributed by atoms with Gasteiger partial charge in [0.2, 0.25) is 5.91 Å². The van der Waals surface area contributed by atoms with Gasteiger partial charge in [0.1, 0.15) is 12.7 Å². The average molecular weight is 930 g/mol. The van der Waals surface area contributed by atoms with E-state index in [2.05, 4.69) is 104 Å². The maximum absolute atomic E-state index is 12.2. The fourth-order valence-electron chi connectivity index (χ4n) is 6.84. The number of aliphatic hydroxyl groups is 1. The molecular weight excluding hydrogens is 834 g/mol. The Hall–Kier alpha value is -2.81. The molecule has 0 saturated carbocycles. The van der Waals surface area contributed by atoms with Crippen LogP contribution in [-0.2, 0) is 27.9 Å².